The van der Waals surface area contributed by atoms with E-state index < -0.39 is 15.8 Å². The highest BCUT2D eigenvalue weighted by atomic mass is 32.2. The number of sulfonamides is 1. The third-order valence-corrected chi connectivity index (χ3v) is 7.00. The molecule has 0 unspecified atom stereocenters. The molecule has 6 nitrogen and oxygen atoms in total. The summed E-state index contributed by atoms with van der Waals surface area (Å²) in [4.78, 5) is 12.7. The molecule has 2 heterocycles. The maximum absolute atomic E-state index is 13.0. The topological polar surface area (TPSA) is 72.9 Å². The van der Waals surface area contributed by atoms with E-state index in [9.17, 15) is 17.6 Å². The maximum Gasteiger partial charge on any atom is 0.243 e. The fourth-order valence-corrected chi connectivity index (χ4v) is 5.03. The zero-order valence-corrected chi connectivity index (χ0v) is 16.0. The summed E-state index contributed by atoms with van der Waals surface area (Å²) in [6.07, 6.45) is 0.861. The van der Waals surface area contributed by atoms with Crippen molar-refractivity contribution < 1.29 is 27.1 Å². The average Bonchev–Trinajstić information content (AvgIpc) is 2.73. The van der Waals surface area contributed by atoms with Crippen LogP contribution in [0.15, 0.2) is 47.4 Å². The van der Waals surface area contributed by atoms with Gasteiger partial charge >= 0.3 is 0 Å². The molecule has 2 aromatic rings. The van der Waals surface area contributed by atoms with E-state index in [-0.39, 0.29) is 29.7 Å². The summed E-state index contributed by atoms with van der Waals surface area (Å²) >= 11 is 0. The molecule has 4 rings (SSSR count). The van der Waals surface area contributed by atoms with Gasteiger partial charge in [-0.2, -0.15) is 4.31 Å². The van der Waals surface area contributed by atoms with Gasteiger partial charge in [-0.15, -0.1) is 0 Å². The fraction of sp³-hybridized carbons (Fsp3) is 0.350. The second-order valence-electron chi connectivity index (χ2n) is 6.85. The SMILES string of the molecule is O=C(c1ccc(F)cc1)C1CCN(S(=O)(=O)c2ccc3c(c2)OCCO3)CC1. The van der Waals surface area contributed by atoms with Crippen molar-refractivity contribution >= 4 is 15.8 Å². The summed E-state index contributed by atoms with van der Waals surface area (Å²) in [5, 5.41) is 0. The fourth-order valence-electron chi connectivity index (χ4n) is 3.54. The predicted octanol–water partition coefficient (Wildman–Crippen LogP) is 2.88. The van der Waals surface area contributed by atoms with Crippen molar-refractivity contribution in [2.45, 2.75) is 17.7 Å². The van der Waals surface area contributed by atoms with Crippen LogP contribution >= 0.6 is 0 Å². The molecule has 2 aliphatic heterocycles. The Bertz CT molecular complexity index is 982. The highest BCUT2D eigenvalue weighted by Crippen LogP contribution is 2.34. The first-order valence-corrected chi connectivity index (χ1v) is 10.6. The number of carbonyl (C=O) groups excluding carboxylic acids is 1. The number of rotatable bonds is 4. The molecule has 0 spiro atoms. The second-order valence-corrected chi connectivity index (χ2v) is 8.79. The molecule has 0 saturated carbocycles. The molecular formula is C20H20FNO5S. The number of nitrogens with zero attached hydrogens (tertiary/aromatic N) is 1. The van der Waals surface area contributed by atoms with Gasteiger partial charge in [-0.05, 0) is 49.2 Å². The number of ether oxygens (including phenoxy) is 2. The lowest BCUT2D eigenvalue weighted by Crippen LogP contribution is -2.40. The number of piperidine rings is 1. The summed E-state index contributed by atoms with van der Waals surface area (Å²) in [5.74, 6) is 0.230. The minimum absolute atomic E-state index is 0.0728. The van der Waals surface area contributed by atoms with Crippen LogP contribution in [0.1, 0.15) is 23.2 Å². The monoisotopic (exact) mass is 405 g/mol. The molecule has 2 aromatic carbocycles. The normalized spacial score (nSPS) is 18.0. The van der Waals surface area contributed by atoms with Gasteiger partial charge in [-0.1, -0.05) is 0 Å². The van der Waals surface area contributed by atoms with Crippen LogP contribution < -0.4 is 9.47 Å². The number of hydrogen-bond acceptors (Lipinski definition) is 5. The number of benzene rings is 2. The first-order chi connectivity index (χ1) is 13.4. The average molecular weight is 405 g/mol. The molecule has 0 aliphatic carbocycles. The summed E-state index contributed by atoms with van der Waals surface area (Å²) in [5.41, 5.74) is 0.453. The first kappa shape index (κ1) is 18.9. The third kappa shape index (κ3) is 3.62. The van der Waals surface area contributed by atoms with Crippen molar-refractivity contribution in [2.75, 3.05) is 26.3 Å². The van der Waals surface area contributed by atoms with Gasteiger partial charge in [-0.25, -0.2) is 12.8 Å². The van der Waals surface area contributed by atoms with Crippen molar-refractivity contribution in [3.63, 3.8) is 0 Å². The molecule has 148 valence electrons. The van der Waals surface area contributed by atoms with Crippen molar-refractivity contribution in [3.05, 3.63) is 53.8 Å². The molecule has 2 aliphatic rings. The van der Waals surface area contributed by atoms with Crippen LogP contribution in [0.3, 0.4) is 0 Å². The van der Waals surface area contributed by atoms with E-state index in [4.69, 9.17) is 9.47 Å². The van der Waals surface area contributed by atoms with Crippen molar-refractivity contribution in [1.82, 2.24) is 4.31 Å². The number of hydrogen-bond donors (Lipinski definition) is 0. The second kappa shape index (κ2) is 7.52. The van der Waals surface area contributed by atoms with Crippen LogP contribution in [0.4, 0.5) is 4.39 Å². The van der Waals surface area contributed by atoms with Crippen LogP contribution in [-0.2, 0) is 10.0 Å². The first-order valence-electron chi connectivity index (χ1n) is 9.15. The van der Waals surface area contributed by atoms with E-state index in [1.54, 1.807) is 6.07 Å². The number of ketones is 1. The minimum Gasteiger partial charge on any atom is -0.486 e. The maximum atomic E-state index is 13.0. The van der Waals surface area contributed by atoms with Crippen LogP contribution in [0, 0.1) is 11.7 Å². The van der Waals surface area contributed by atoms with Crippen LogP contribution in [0.2, 0.25) is 0 Å². The molecule has 0 bridgehead atoms. The van der Waals surface area contributed by atoms with Crippen molar-refractivity contribution in [1.29, 1.82) is 0 Å². The van der Waals surface area contributed by atoms with Gasteiger partial charge in [0.2, 0.25) is 10.0 Å². The van der Waals surface area contributed by atoms with Crippen molar-refractivity contribution in [2.24, 2.45) is 5.92 Å². The lowest BCUT2D eigenvalue weighted by atomic mass is 9.90. The van der Waals surface area contributed by atoms with Gasteiger partial charge in [0.25, 0.3) is 0 Å². The Labute approximate surface area is 162 Å². The van der Waals surface area contributed by atoms with Gasteiger partial charge in [0.15, 0.2) is 17.3 Å². The Balaban J connectivity index is 1.45. The highest BCUT2D eigenvalue weighted by Gasteiger charge is 2.33. The summed E-state index contributed by atoms with van der Waals surface area (Å²) in [7, 11) is -3.68. The Kier molecular flexibility index (Phi) is 5.07. The molecule has 1 saturated heterocycles. The number of fused-ring (bicyclic) bond motifs is 1. The number of Topliss-reactive ketones (excluding diaryl/α,β-unsaturated/α-hetero) is 1. The van der Waals surface area contributed by atoms with Gasteiger partial charge in [0.1, 0.15) is 19.0 Å². The predicted molar refractivity (Wildman–Crippen MR) is 99.6 cm³/mol. The van der Waals surface area contributed by atoms with Gasteiger partial charge in [0.05, 0.1) is 4.90 Å². The van der Waals surface area contributed by atoms with E-state index in [1.165, 1.54) is 40.7 Å². The van der Waals surface area contributed by atoms with Gasteiger partial charge in [-0.3, -0.25) is 4.79 Å². The lowest BCUT2D eigenvalue weighted by Gasteiger charge is -2.30. The zero-order valence-electron chi connectivity index (χ0n) is 15.1. The Hall–Kier alpha value is -2.45. The standard InChI is InChI=1S/C20H20FNO5S/c21-16-3-1-14(2-4-16)20(23)15-7-9-22(10-8-15)28(24,25)17-5-6-18-19(13-17)27-12-11-26-18/h1-6,13,15H,7-12H2. The quantitative estimate of drug-likeness (QED) is 0.732. The smallest absolute Gasteiger partial charge is 0.243 e. The number of halogens is 1. The van der Waals surface area contributed by atoms with E-state index >= 15 is 0 Å². The molecule has 1 fully saturated rings. The van der Waals surface area contributed by atoms with Gasteiger partial charge < -0.3 is 9.47 Å². The molecule has 0 radical (unpaired) electrons. The number of carbonyl (C=O) groups is 1. The van der Waals surface area contributed by atoms with E-state index in [1.807, 2.05) is 0 Å². The Morgan fingerprint density at radius 3 is 2.29 bits per heavy atom. The Morgan fingerprint density at radius 2 is 1.61 bits per heavy atom. The highest BCUT2D eigenvalue weighted by molar-refractivity contribution is 7.89. The van der Waals surface area contributed by atoms with Gasteiger partial charge in [0, 0.05) is 30.6 Å². The van der Waals surface area contributed by atoms with Crippen molar-refractivity contribution in [3.8, 4) is 11.5 Å². The minimum atomic E-state index is -3.68. The Morgan fingerprint density at radius 1 is 0.964 bits per heavy atom. The van der Waals surface area contributed by atoms with E-state index in [0.717, 1.165) is 0 Å². The summed E-state index contributed by atoms with van der Waals surface area (Å²) in [6.45, 7) is 1.34. The zero-order chi connectivity index (χ0) is 19.7. The summed E-state index contributed by atoms with van der Waals surface area (Å²) in [6, 6.07) is 10.1. The summed E-state index contributed by atoms with van der Waals surface area (Å²) < 4.78 is 51.3. The molecule has 0 amide bonds. The van der Waals surface area contributed by atoms with Crippen LogP contribution in [0.5, 0.6) is 11.5 Å². The molecule has 0 N–H and O–H groups in total. The lowest BCUT2D eigenvalue weighted by molar-refractivity contribution is 0.0875. The molecule has 28 heavy (non-hydrogen) atoms. The molecular weight excluding hydrogens is 385 g/mol. The van der Waals surface area contributed by atoms with Crippen LogP contribution in [-0.4, -0.2) is 44.8 Å². The largest absolute Gasteiger partial charge is 0.486 e. The third-order valence-electron chi connectivity index (χ3n) is 5.10. The molecule has 0 aromatic heterocycles. The molecule has 8 heteroatoms. The van der Waals surface area contributed by atoms with E-state index in [2.05, 4.69) is 0 Å². The van der Waals surface area contributed by atoms with Crippen LogP contribution in [0.25, 0.3) is 0 Å². The van der Waals surface area contributed by atoms with E-state index in [0.29, 0.717) is 43.1 Å². The molecule has 0 atom stereocenters.